The third-order valence-corrected chi connectivity index (χ3v) is 6.97. The molecule has 1 aliphatic rings. The van der Waals surface area contributed by atoms with Crippen LogP contribution in [0.1, 0.15) is 43.9 Å². The van der Waals surface area contributed by atoms with Gasteiger partial charge in [-0.25, -0.2) is 13.1 Å². The summed E-state index contributed by atoms with van der Waals surface area (Å²) in [5.74, 6) is -0.0830. The first-order chi connectivity index (χ1) is 13.6. The summed E-state index contributed by atoms with van der Waals surface area (Å²) in [6, 6.07) is 11.4. The molecule has 0 saturated heterocycles. The number of carbonyl (C=O) groups is 1. The normalized spacial score (nSPS) is 14.6. The lowest BCUT2D eigenvalue weighted by atomic mass is 10.1. The van der Waals surface area contributed by atoms with Crippen LogP contribution < -0.4 is 5.32 Å². The van der Waals surface area contributed by atoms with Gasteiger partial charge in [0.25, 0.3) is 5.91 Å². The van der Waals surface area contributed by atoms with E-state index in [1.807, 2.05) is 58.0 Å². The van der Waals surface area contributed by atoms with Crippen molar-refractivity contribution in [2.24, 2.45) is 0 Å². The lowest BCUT2D eigenvalue weighted by molar-refractivity contribution is 0.102. The number of aryl methyl sites for hydroxylation is 4. The molecule has 3 aromatic rings. The zero-order valence-electron chi connectivity index (χ0n) is 16.9. The van der Waals surface area contributed by atoms with Crippen LogP contribution in [0.15, 0.2) is 36.4 Å². The summed E-state index contributed by atoms with van der Waals surface area (Å²) in [4.78, 5) is 12.9. The number of benzene rings is 2. The van der Waals surface area contributed by atoms with E-state index in [4.69, 9.17) is 0 Å². The Labute approximate surface area is 170 Å². The summed E-state index contributed by atoms with van der Waals surface area (Å²) >= 11 is 0. The molecule has 29 heavy (non-hydrogen) atoms. The zero-order chi connectivity index (χ0) is 20.9. The first kappa shape index (κ1) is 19.4. The average Bonchev–Trinajstić information content (AvgIpc) is 3.12. The lowest BCUT2D eigenvalue weighted by Crippen LogP contribution is -2.17. The van der Waals surface area contributed by atoms with Crippen LogP contribution in [0.5, 0.6) is 0 Å². The molecule has 0 saturated carbocycles. The number of sulfone groups is 1. The summed E-state index contributed by atoms with van der Waals surface area (Å²) < 4.78 is 25.9. The number of hydrogen-bond donors (Lipinski definition) is 1. The minimum Gasteiger partial charge on any atom is -0.306 e. The summed E-state index contributed by atoms with van der Waals surface area (Å²) in [5.41, 5.74) is 6.75. The van der Waals surface area contributed by atoms with Crippen molar-refractivity contribution in [2.75, 3.05) is 5.32 Å². The predicted molar refractivity (Wildman–Crippen MR) is 113 cm³/mol. The minimum absolute atomic E-state index is 0.104. The van der Waals surface area contributed by atoms with Crippen molar-refractivity contribution in [2.45, 2.75) is 39.2 Å². The van der Waals surface area contributed by atoms with Crippen LogP contribution in [0.2, 0.25) is 0 Å². The van der Waals surface area contributed by atoms with Gasteiger partial charge in [0.1, 0.15) is 5.82 Å². The topological polar surface area (TPSA) is 81.1 Å². The van der Waals surface area contributed by atoms with Crippen LogP contribution in [0.3, 0.4) is 0 Å². The van der Waals surface area contributed by atoms with Gasteiger partial charge in [0.05, 0.1) is 22.9 Å². The fraction of sp³-hybridized carbons (Fsp3) is 0.273. The maximum Gasteiger partial charge on any atom is 0.256 e. The van der Waals surface area contributed by atoms with Crippen molar-refractivity contribution < 1.29 is 13.2 Å². The molecule has 1 aromatic heterocycles. The molecule has 7 heteroatoms. The molecule has 4 rings (SSSR count). The van der Waals surface area contributed by atoms with E-state index in [-0.39, 0.29) is 17.4 Å². The molecule has 1 aliphatic heterocycles. The highest BCUT2D eigenvalue weighted by Crippen LogP contribution is 2.33. The number of aromatic nitrogens is 2. The Morgan fingerprint density at radius 1 is 0.931 bits per heavy atom. The molecular formula is C22H23N3O3S. The van der Waals surface area contributed by atoms with Gasteiger partial charge in [-0.2, -0.15) is 5.10 Å². The first-order valence-corrected chi connectivity index (χ1v) is 11.2. The van der Waals surface area contributed by atoms with Gasteiger partial charge in [0.2, 0.25) is 0 Å². The number of carbonyl (C=O) groups excluding carboxylic acids is 1. The fourth-order valence-electron chi connectivity index (χ4n) is 3.48. The summed E-state index contributed by atoms with van der Waals surface area (Å²) in [5, 5.41) is 7.45. The lowest BCUT2D eigenvalue weighted by Gasteiger charge is -2.13. The highest BCUT2D eigenvalue weighted by molar-refractivity contribution is 7.90. The molecule has 0 radical (unpaired) electrons. The summed E-state index contributed by atoms with van der Waals surface area (Å²) in [7, 11) is -3.24. The number of anilines is 1. The quantitative estimate of drug-likeness (QED) is 0.714. The Kier molecular flexibility index (Phi) is 4.58. The molecule has 2 heterocycles. The van der Waals surface area contributed by atoms with Crippen LogP contribution in [0.4, 0.5) is 5.82 Å². The van der Waals surface area contributed by atoms with Crippen LogP contribution in [-0.4, -0.2) is 24.1 Å². The van der Waals surface area contributed by atoms with Gasteiger partial charge in [-0.3, -0.25) is 4.79 Å². The number of nitrogens with one attached hydrogen (secondary N) is 1. The van der Waals surface area contributed by atoms with E-state index in [2.05, 4.69) is 10.4 Å². The number of hydrogen-bond acceptors (Lipinski definition) is 4. The van der Waals surface area contributed by atoms with E-state index in [9.17, 15) is 13.2 Å². The Balaban J connectivity index is 1.79. The monoisotopic (exact) mass is 409 g/mol. The second-order valence-corrected chi connectivity index (χ2v) is 9.80. The number of rotatable bonds is 3. The van der Waals surface area contributed by atoms with E-state index >= 15 is 0 Å². The van der Waals surface area contributed by atoms with Crippen molar-refractivity contribution in [1.29, 1.82) is 0 Å². The molecule has 150 valence electrons. The van der Waals surface area contributed by atoms with Gasteiger partial charge < -0.3 is 5.32 Å². The third-order valence-electron chi connectivity index (χ3n) is 5.52. The molecule has 1 N–H and O–H groups in total. The average molecular weight is 410 g/mol. The predicted octanol–water partition coefficient (Wildman–Crippen LogP) is 3.79. The van der Waals surface area contributed by atoms with E-state index in [1.54, 1.807) is 10.7 Å². The molecule has 0 unspecified atom stereocenters. The van der Waals surface area contributed by atoms with Gasteiger partial charge in [0, 0.05) is 11.1 Å². The van der Waals surface area contributed by atoms with Crippen molar-refractivity contribution >= 4 is 21.6 Å². The number of nitrogens with zero attached hydrogens (tertiary/aromatic N) is 2. The molecule has 0 atom stereocenters. The van der Waals surface area contributed by atoms with Crippen LogP contribution in [-0.2, 0) is 21.3 Å². The van der Waals surface area contributed by atoms with Crippen molar-refractivity contribution in [1.82, 2.24) is 9.78 Å². The molecule has 0 fully saturated rings. The Bertz CT molecular complexity index is 1260. The van der Waals surface area contributed by atoms with Gasteiger partial charge in [-0.1, -0.05) is 12.1 Å². The van der Waals surface area contributed by atoms with Crippen LogP contribution >= 0.6 is 0 Å². The highest BCUT2D eigenvalue weighted by atomic mass is 32.2. The molecule has 6 nitrogen and oxygen atoms in total. The zero-order valence-corrected chi connectivity index (χ0v) is 17.7. The van der Waals surface area contributed by atoms with E-state index < -0.39 is 9.84 Å². The third kappa shape index (κ3) is 3.58. The second kappa shape index (κ2) is 6.84. The van der Waals surface area contributed by atoms with E-state index in [1.165, 1.54) is 0 Å². The van der Waals surface area contributed by atoms with Gasteiger partial charge in [0.15, 0.2) is 9.84 Å². The number of fused-ring (bicyclic) bond motifs is 1. The SMILES string of the molecule is Cc1ccc(C(=O)Nc2c3c(nn2-c2ccc(C)c(C)c2)CS(=O)(=O)C3)cc1C. The van der Waals surface area contributed by atoms with Crippen LogP contribution in [0.25, 0.3) is 5.69 Å². The van der Waals surface area contributed by atoms with Gasteiger partial charge >= 0.3 is 0 Å². The number of amides is 1. The first-order valence-electron chi connectivity index (χ1n) is 9.42. The van der Waals surface area contributed by atoms with Crippen molar-refractivity contribution in [3.63, 3.8) is 0 Å². The fourth-order valence-corrected chi connectivity index (χ4v) is 4.97. The molecule has 1 amide bonds. The van der Waals surface area contributed by atoms with E-state index in [0.29, 0.717) is 22.6 Å². The van der Waals surface area contributed by atoms with E-state index in [0.717, 1.165) is 27.9 Å². The van der Waals surface area contributed by atoms with Crippen molar-refractivity contribution in [3.8, 4) is 5.69 Å². The molecule has 2 aromatic carbocycles. The van der Waals surface area contributed by atoms with Gasteiger partial charge in [-0.15, -0.1) is 0 Å². The smallest absolute Gasteiger partial charge is 0.256 e. The molecular weight excluding hydrogens is 386 g/mol. The standard InChI is InChI=1S/C22H23N3O3S/c1-13-5-7-17(9-15(13)3)22(26)23-21-19-11-29(27,28)12-20(19)24-25(21)18-8-6-14(2)16(4)10-18/h5-10H,11-12H2,1-4H3,(H,23,26). The minimum atomic E-state index is -3.24. The molecule has 0 spiro atoms. The Hall–Kier alpha value is -2.93. The Morgan fingerprint density at radius 2 is 1.59 bits per heavy atom. The second-order valence-electron chi connectivity index (χ2n) is 7.74. The highest BCUT2D eigenvalue weighted by Gasteiger charge is 2.33. The Morgan fingerprint density at radius 3 is 2.24 bits per heavy atom. The van der Waals surface area contributed by atoms with Crippen LogP contribution in [0, 0.1) is 27.7 Å². The van der Waals surface area contributed by atoms with Crippen molar-refractivity contribution in [3.05, 3.63) is 75.5 Å². The summed E-state index contributed by atoms with van der Waals surface area (Å²) in [6.07, 6.45) is 0. The summed E-state index contributed by atoms with van der Waals surface area (Å²) in [6.45, 7) is 7.98. The maximum atomic E-state index is 12.9. The molecule has 0 bridgehead atoms. The maximum absolute atomic E-state index is 12.9. The van der Waals surface area contributed by atoms with Gasteiger partial charge in [-0.05, 0) is 74.2 Å². The molecule has 0 aliphatic carbocycles. The largest absolute Gasteiger partial charge is 0.306 e.